The van der Waals surface area contributed by atoms with E-state index < -0.39 is 0 Å². The van der Waals surface area contributed by atoms with Gasteiger partial charge < -0.3 is 14.1 Å². The lowest BCUT2D eigenvalue weighted by molar-refractivity contribution is -0.0591. The Labute approximate surface area is 118 Å². The maximum absolute atomic E-state index is 12.5. The van der Waals surface area contributed by atoms with Crippen molar-refractivity contribution in [1.82, 2.24) is 4.90 Å². The first kappa shape index (κ1) is 13.2. The van der Waals surface area contributed by atoms with Crippen molar-refractivity contribution < 1.29 is 13.9 Å². The van der Waals surface area contributed by atoms with Gasteiger partial charge in [-0.3, -0.25) is 4.79 Å². The molecule has 1 aromatic carbocycles. The lowest BCUT2D eigenvalue weighted by Gasteiger charge is -2.34. The Kier molecular flexibility index (Phi) is 3.26. The molecule has 2 aromatic rings. The summed E-state index contributed by atoms with van der Waals surface area (Å²) >= 11 is 0. The summed E-state index contributed by atoms with van der Waals surface area (Å²) in [6.07, 6.45) is 0.128. The summed E-state index contributed by atoms with van der Waals surface area (Å²) in [4.78, 5) is 14.3. The molecule has 0 radical (unpaired) electrons. The zero-order valence-corrected chi connectivity index (χ0v) is 12.1. The normalized spacial score (nSPS) is 23.2. The SMILES string of the molecule is Cc1ccc2cc(C(=O)N3CC(C)OC(C)C3)oc2c1. The second kappa shape index (κ2) is 4.94. The van der Waals surface area contributed by atoms with E-state index in [1.807, 2.05) is 49.9 Å². The number of hydrogen-bond donors (Lipinski definition) is 0. The van der Waals surface area contributed by atoms with Gasteiger partial charge in [0.2, 0.25) is 0 Å². The van der Waals surface area contributed by atoms with E-state index in [9.17, 15) is 4.79 Å². The van der Waals surface area contributed by atoms with Crippen molar-refractivity contribution in [2.24, 2.45) is 0 Å². The molecule has 0 aliphatic carbocycles. The zero-order chi connectivity index (χ0) is 14.3. The third kappa shape index (κ3) is 2.43. The van der Waals surface area contributed by atoms with Crippen LogP contribution in [0.3, 0.4) is 0 Å². The molecule has 0 saturated carbocycles. The van der Waals surface area contributed by atoms with Crippen molar-refractivity contribution in [1.29, 1.82) is 0 Å². The van der Waals surface area contributed by atoms with Crippen molar-refractivity contribution >= 4 is 16.9 Å². The molecule has 0 bridgehead atoms. The van der Waals surface area contributed by atoms with Crippen molar-refractivity contribution in [2.75, 3.05) is 13.1 Å². The van der Waals surface area contributed by atoms with Crippen LogP contribution in [-0.2, 0) is 4.74 Å². The molecular formula is C16H19NO3. The van der Waals surface area contributed by atoms with Gasteiger partial charge >= 0.3 is 0 Å². The number of fused-ring (bicyclic) bond motifs is 1. The van der Waals surface area contributed by atoms with Crippen molar-refractivity contribution in [3.63, 3.8) is 0 Å². The second-order valence-electron chi connectivity index (χ2n) is 5.62. The summed E-state index contributed by atoms with van der Waals surface area (Å²) in [5, 5.41) is 0.966. The number of morpholine rings is 1. The van der Waals surface area contributed by atoms with Gasteiger partial charge in [-0.15, -0.1) is 0 Å². The minimum absolute atomic E-state index is 0.0548. The highest BCUT2D eigenvalue weighted by Crippen LogP contribution is 2.23. The molecule has 1 aliphatic heterocycles. The van der Waals surface area contributed by atoms with Gasteiger partial charge in [0.25, 0.3) is 5.91 Å². The van der Waals surface area contributed by atoms with Crippen LogP contribution in [-0.4, -0.2) is 36.1 Å². The Balaban J connectivity index is 1.88. The molecule has 4 nitrogen and oxygen atoms in total. The summed E-state index contributed by atoms with van der Waals surface area (Å²) in [6.45, 7) is 7.20. The number of nitrogens with zero attached hydrogens (tertiary/aromatic N) is 1. The highest BCUT2D eigenvalue weighted by molar-refractivity contribution is 5.96. The van der Waals surface area contributed by atoms with Gasteiger partial charge in [-0.05, 0) is 38.5 Å². The topological polar surface area (TPSA) is 42.7 Å². The van der Waals surface area contributed by atoms with Gasteiger partial charge in [-0.25, -0.2) is 0 Å². The Morgan fingerprint density at radius 3 is 2.60 bits per heavy atom. The number of rotatable bonds is 1. The summed E-state index contributed by atoms with van der Waals surface area (Å²) in [6, 6.07) is 7.78. The fourth-order valence-corrected chi connectivity index (χ4v) is 2.74. The van der Waals surface area contributed by atoms with Crippen molar-refractivity contribution in [2.45, 2.75) is 33.0 Å². The Morgan fingerprint density at radius 2 is 1.90 bits per heavy atom. The Bertz CT molecular complexity index is 636. The van der Waals surface area contributed by atoms with Gasteiger partial charge in [-0.1, -0.05) is 12.1 Å². The Hall–Kier alpha value is -1.81. The predicted molar refractivity (Wildman–Crippen MR) is 76.9 cm³/mol. The number of carbonyl (C=O) groups excluding carboxylic acids is 1. The minimum Gasteiger partial charge on any atom is -0.451 e. The average Bonchev–Trinajstić information content (AvgIpc) is 2.79. The van der Waals surface area contributed by atoms with Crippen molar-refractivity contribution in [3.05, 3.63) is 35.6 Å². The summed E-state index contributed by atoms with van der Waals surface area (Å²) in [5.41, 5.74) is 1.89. The molecule has 4 heteroatoms. The van der Waals surface area contributed by atoms with Crippen LogP contribution >= 0.6 is 0 Å². The molecule has 20 heavy (non-hydrogen) atoms. The smallest absolute Gasteiger partial charge is 0.289 e. The van der Waals surface area contributed by atoms with E-state index >= 15 is 0 Å². The highest BCUT2D eigenvalue weighted by atomic mass is 16.5. The molecule has 106 valence electrons. The largest absolute Gasteiger partial charge is 0.451 e. The van der Waals surface area contributed by atoms with E-state index in [1.54, 1.807) is 0 Å². The molecule has 1 aromatic heterocycles. The lowest BCUT2D eigenvalue weighted by atomic mass is 10.2. The third-order valence-corrected chi connectivity index (χ3v) is 3.59. The van der Waals surface area contributed by atoms with Crippen LogP contribution in [0.2, 0.25) is 0 Å². The van der Waals surface area contributed by atoms with Crippen LogP contribution in [0.15, 0.2) is 28.7 Å². The van der Waals surface area contributed by atoms with Crippen LogP contribution in [0.25, 0.3) is 11.0 Å². The molecule has 0 spiro atoms. The molecule has 1 saturated heterocycles. The Morgan fingerprint density at radius 1 is 1.20 bits per heavy atom. The molecule has 2 heterocycles. The van der Waals surface area contributed by atoms with Crippen LogP contribution in [0.5, 0.6) is 0 Å². The fraction of sp³-hybridized carbons (Fsp3) is 0.438. The predicted octanol–water partition coefficient (Wildman–Crippen LogP) is 2.99. The van der Waals surface area contributed by atoms with Crippen LogP contribution in [0.1, 0.15) is 30.0 Å². The monoisotopic (exact) mass is 273 g/mol. The second-order valence-corrected chi connectivity index (χ2v) is 5.62. The quantitative estimate of drug-likeness (QED) is 0.802. The summed E-state index contributed by atoms with van der Waals surface area (Å²) in [5.74, 6) is 0.354. The summed E-state index contributed by atoms with van der Waals surface area (Å²) < 4.78 is 11.4. The number of benzene rings is 1. The van der Waals surface area contributed by atoms with Gasteiger partial charge in [0.15, 0.2) is 5.76 Å². The number of aryl methyl sites for hydroxylation is 1. The maximum atomic E-state index is 12.5. The van der Waals surface area contributed by atoms with Gasteiger partial charge in [0.1, 0.15) is 5.58 Å². The number of carbonyl (C=O) groups is 1. The molecule has 1 fully saturated rings. The zero-order valence-electron chi connectivity index (χ0n) is 12.1. The van der Waals surface area contributed by atoms with Gasteiger partial charge in [-0.2, -0.15) is 0 Å². The molecule has 0 N–H and O–H groups in total. The van der Waals surface area contributed by atoms with E-state index in [1.165, 1.54) is 0 Å². The first-order chi connectivity index (χ1) is 9.52. The van der Waals surface area contributed by atoms with E-state index in [-0.39, 0.29) is 18.1 Å². The first-order valence-electron chi connectivity index (χ1n) is 6.98. The molecular weight excluding hydrogens is 254 g/mol. The average molecular weight is 273 g/mol. The standard InChI is InChI=1S/C16H19NO3/c1-10-4-5-13-7-15(20-14(13)6-10)16(18)17-8-11(2)19-12(3)9-17/h4-7,11-12H,8-9H2,1-3H3. The highest BCUT2D eigenvalue weighted by Gasteiger charge is 2.28. The fourth-order valence-electron chi connectivity index (χ4n) is 2.74. The lowest BCUT2D eigenvalue weighted by Crippen LogP contribution is -2.48. The number of amides is 1. The molecule has 3 rings (SSSR count). The molecule has 2 atom stereocenters. The van der Waals surface area contributed by atoms with Crippen LogP contribution in [0.4, 0.5) is 0 Å². The van der Waals surface area contributed by atoms with E-state index in [0.717, 1.165) is 16.5 Å². The minimum atomic E-state index is -0.0548. The van der Waals surface area contributed by atoms with Crippen LogP contribution in [0, 0.1) is 6.92 Å². The van der Waals surface area contributed by atoms with E-state index in [2.05, 4.69) is 0 Å². The summed E-state index contributed by atoms with van der Waals surface area (Å²) in [7, 11) is 0. The molecule has 1 amide bonds. The molecule has 2 unspecified atom stereocenters. The van der Waals surface area contributed by atoms with E-state index in [4.69, 9.17) is 9.15 Å². The number of hydrogen-bond acceptors (Lipinski definition) is 3. The molecule has 1 aliphatic rings. The van der Waals surface area contributed by atoms with Gasteiger partial charge in [0, 0.05) is 18.5 Å². The number of ether oxygens (including phenoxy) is 1. The van der Waals surface area contributed by atoms with E-state index in [0.29, 0.717) is 18.8 Å². The first-order valence-corrected chi connectivity index (χ1v) is 6.98. The van der Waals surface area contributed by atoms with Gasteiger partial charge in [0.05, 0.1) is 12.2 Å². The third-order valence-electron chi connectivity index (χ3n) is 3.59. The van der Waals surface area contributed by atoms with Crippen LogP contribution < -0.4 is 0 Å². The number of furan rings is 1. The van der Waals surface area contributed by atoms with Crippen molar-refractivity contribution in [3.8, 4) is 0 Å². The maximum Gasteiger partial charge on any atom is 0.289 e.